The maximum atomic E-state index is 12.3. The summed E-state index contributed by atoms with van der Waals surface area (Å²) in [5, 5.41) is 12.7. The van der Waals surface area contributed by atoms with E-state index in [9.17, 15) is 9.90 Å². The van der Waals surface area contributed by atoms with Gasteiger partial charge in [0.25, 0.3) is 0 Å². The third kappa shape index (κ3) is 1.91. The highest BCUT2D eigenvalue weighted by Crippen LogP contribution is 2.43. The highest BCUT2D eigenvalue weighted by atomic mass is 32.1. The number of benzene rings is 1. The Balaban J connectivity index is 2.21. The van der Waals surface area contributed by atoms with Crippen molar-refractivity contribution < 1.29 is 14.6 Å². The summed E-state index contributed by atoms with van der Waals surface area (Å²) in [5.74, 6) is 0.447. The quantitative estimate of drug-likeness (QED) is 0.744. The van der Waals surface area contributed by atoms with E-state index in [1.54, 1.807) is 19.2 Å². The molecule has 0 saturated carbocycles. The van der Waals surface area contributed by atoms with Gasteiger partial charge in [-0.05, 0) is 23.6 Å². The van der Waals surface area contributed by atoms with E-state index in [2.05, 4.69) is 0 Å². The van der Waals surface area contributed by atoms with Gasteiger partial charge in [0.15, 0.2) is 0 Å². The van der Waals surface area contributed by atoms with Crippen LogP contribution in [0.5, 0.6) is 11.5 Å². The molecular weight excluding hydrogens is 280 g/mol. The van der Waals surface area contributed by atoms with Gasteiger partial charge in [-0.3, -0.25) is 4.79 Å². The molecule has 0 amide bonds. The topological polar surface area (TPSA) is 46.5 Å². The molecule has 0 unspecified atom stereocenters. The molecule has 3 rings (SSSR count). The second-order valence-electron chi connectivity index (χ2n) is 3.92. The second-order valence-corrected chi connectivity index (χ2v) is 5.92. The van der Waals surface area contributed by atoms with Crippen molar-refractivity contribution in [1.29, 1.82) is 0 Å². The van der Waals surface area contributed by atoms with Crippen LogP contribution in [-0.4, -0.2) is 18.0 Å². The third-order valence-electron chi connectivity index (χ3n) is 2.82. The third-order valence-corrected chi connectivity index (χ3v) is 4.83. The van der Waals surface area contributed by atoms with Crippen LogP contribution in [0.2, 0.25) is 0 Å². The lowest BCUT2D eigenvalue weighted by Crippen LogP contribution is -1.94. The van der Waals surface area contributed by atoms with Gasteiger partial charge in [0.1, 0.15) is 16.4 Å². The standard InChI is InChI=1S/C14H10O3S2/c1-17-8-4-2-5-9-11(8)13(16)14(19-9)12(15)10-6-3-7-18-10/h2-7,16H,1H3. The number of aromatic hydroxyl groups is 1. The number of thiophene rings is 2. The fourth-order valence-corrected chi connectivity index (χ4v) is 3.75. The molecule has 0 atom stereocenters. The predicted molar refractivity (Wildman–Crippen MR) is 77.8 cm³/mol. The van der Waals surface area contributed by atoms with E-state index in [0.29, 0.717) is 20.9 Å². The number of hydrogen-bond donors (Lipinski definition) is 1. The molecule has 96 valence electrons. The van der Waals surface area contributed by atoms with Crippen molar-refractivity contribution in [2.24, 2.45) is 0 Å². The second kappa shape index (κ2) is 4.68. The van der Waals surface area contributed by atoms with Crippen molar-refractivity contribution in [3.8, 4) is 11.5 Å². The van der Waals surface area contributed by atoms with Crippen LogP contribution in [0.25, 0.3) is 10.1 Å². The van der Waals surface area contributed by atoms with Gasteiger partial charge in [0.05, 0.1) is 17.4 Å². The fraction of sp³-hybridized carbons (Fsp3) is 0.0714. The van der Waals surface area contributed by atoms with Crippen molar-refractivity contribution >= 4 is 38.5 Å². The molecule has 3 aromatic rings. The van der Waals surface area contributed by atoms with Crippen molar-refractivity contribution in [1.82, 2.24) is 0 Å². The summed E-state index contributed by atoms with van der Waals surface area (Å²) in [6, 6.07) is 9.06. The van der Waals surface area contributed by atoms with E-state index in [0.717, 1.165) is 4.70 Å². The van der Waals surface area contributed by atoms with E-state index in [1.807, 2.05) is 23.6 Å². The molecule has 5 heteroatoms. The first kappa shape index (κ1) is 12.2. The predicted octanol–water partition coefficient (Wildman–Crippen LogP) is 3.91. The van der Waals surface area contributed by atoms with E-state index >= 15 is 0 Å². The molecule has 0 saturated heterocycles. The minimum Gasteiger partial charge on any atom is -0.505 e. The van der Waals surface area contributed by atoms with Gasteiger partial charge in [-0.1, -0.05) is 12.1 Å². The molecule has 0 aliphatic rings. The summed E-state index contributed by atoms with van der Waals surface area (Å²) >= 11 is 2.66. The first-order valence-corrected chi connectivity index (χ1v) is 7.28. The monoisotopic (exact) mass is 290 g/mol. The molecule has 2 heterocycles. The molecule has 0 bridgehead atoms. The number of hydrogen-bond acceptors (Lipinski definition) is 5. The molecule has 2 aromatic heterocycles. The zero-order valence-electron chi connectivity index (χ0n) is 10.0. The zero-order chi connectivity index (χ0) is 13.4. The van der Waals surface area contributed by atoms with Gasteiger partial charge in [-0.15, -0.1) is 22.7 Å². The molecule has 0 spiro atoms. The van der Waals surface area contributed by atoms with E-state index in [-0.39, 0.29) is 11.5 Å². The number of ether oxygens (including phenoxy) is 1. The van der Waals surface area contributed by atoms with Crippen LogP contribution >= 0.6 is 22.7 Å². The first-order chi connectivity index (χ1) is 9.22. The molecule has 1 N–H and O–H groups in total. The van der Waals surface area contributed by atoms with Crippen LogP contribution in [0.3, 0.4) is 0 Å². The summed E-state index contributed by atoms with van der Waals surface area (Å²) in [7, 11) is 1.55. The Morgan fingerprint density at radius 1 is 1.26 bits per heavy atom. The minimum absolute atomic E-state index is 0.0100. The molecule has 0 fully saturated rings. The number of carbonyl (C=O) groups excluding carboxylic acids is 1. The first-order valence-electron chi connectivity index (χ1n) is 5.59. The van der Waals surface area contributed by atoms with E-state index < -0.39 is 0 Å². The summed E-state index contributed by atoms with van der Waals surface area (Å²) in [6.45, 7) is 0. The Labute approximate surface area is 117 Å². The molecule has 0 radical (unpaired) electrons. The van der Waals surface area contributed by atoms with Crippen LogP contribution in [0.4, 0.5) is 0 Å². The van der Waals surface area contributed by atoms with Crippen molar-refractivity contribution in [2.45, 2.75) is 0 Å². The zero-order valence-corrected chi connectivity index (χ0v) is 11.7. The Morgan fingerprint density at radius 3 is 2.79 bits per heavy atom. The lowest BCUT2D eigenvalue weighted by molar-refractivity contribution is 0.104. The Kier molecular flexibility index (Phi) is 3.00. The molecule has 19 heavy (non-hydrogen) atoms. The van der Waals surface area contributed by atoms with Gasteiger partial charge in [0, 0.05) is 4.70 Å². The Bertz CT molecular complexity index is 741. The Hall–Kier alpha value is -1.85. The lowest BCUT2D eigenvalue weighted by Gasteiger charge is -2.01. The van der Waals surface area contributed by atoms with E-state index in [1.165, 1.54) is 22.7 Å². The van der Waals surface area contributed by atoms with Gasteiger partial charge < -0.3 is 9.84 Å². The lowest BCUT2D eigenvalue weighted by atomic mass is 10.2. The number of ketones is 1. The van der Waals surface area contributed by atoms with Crippen molar-refractivity contribution in [2.75, 3.05) is 7.11 Å². The SMILES string of the molecule is COc1cccc2sc(C(=O)c3cccs3)c(O)c12. The van der Waals surface area contributed by atoms with Crippen LogP contribution in [0.15, 0.2) is 35.7 Å². The maximum absolute atomic E-state index is 12.3. The van der Waals surface area contributed by atoms with Crippen LogP contribution in [0.1, 0.15) is 14.5 Å². The minimum atomic E-state index is -0.143. The number of rotatable bonds is 3. The number of methoxy groups -OCH3 is 1. The molecule has 3 nitrogen and oxygen atoms in total. The number of fused-ring (bicyclic) bond motifs is 1. The van der Waals surface area contributed by atoms with Gasteiger partial charge in [0.2, 0.25) is 5.78 Å². The molecular formula is C14H10O3S2. The highest BCUT2D eigenvalue weighted by Gasteiger charge is 2.22. The average Bonchev–Trinajstić information content (AvgIpc) is 3.06. The summed E-state index contributed by atoms with van der Waals surface area (Å²) in [6.07, 6.45) is 0. The number of carbonyl (C=O) groups is 1. The normalized spacial score (nSPS) is 10.8. The molecule has 0 aliphatic carbocycles. The van der Waals surface area contributed by atoms with Crippen LogP contribution < -0.4 is 4.74 Å². The summed E-state index contributed by atoms with van der Waals surface area (Å²) in [4.78, 5) is 13.3. The van der Waals surface area contributed by atoms with Gasteiger partial charge in [-0.25, -0.2) is 0 Å². The van der Waals surface area contributed by atoms with Crippen LogP contribution in [-0.2, 0) is 0 Å². The van der Waals surface area contributed by atoms with Gasteiger partial charge >= 0.3 is 0 Å². The van der Waals surface area contributed by atoms with Crippen molar-refractivity contribution in [3.63, 3.8) is 0 Å². The van der Waals surface area contributed by atoms with Gasteiger partial charge in [-0.2, -0.15) is 0 Å². The van der Waals surface area contributed by atoms with E-state index in [4.69, 9.17) is 4.74 Å². The molecule has 1 aromatic carbocycles. The smallest absolute Gasteiger partial charge is 0.216 e. The summed E-state index contributed by atoms with van der Waals surface area (Å²) < 4.78 is 6.07. The van der Waals surface area contributed by atoms with Crippen LogP contribution in [0, 0.1) is 0 Å². The fourth-order valence-electron chi connectivity index (χ4n) is 1.94. The highest BCUT2D eigenvalue weighted by molar-refractivity contribution is 7.22. The largest absolute Gasteiger partial charge is 0.505 e. The van der Waals surface area contributed by atoms with Crippen molar-refractivity contribution in [3.05, 3.63) is 45.5 Å². The summed E-state index contributed by atoms with van der Waals surface area (Å²) in [5.41, 5.74) is 0. The average molecular weight is 290 g/mol. The molecule has 0 aliphatic heterocycles. The Morgan fingerprint density at radius 2 is 2.11 bits per heavy atom. The maximum Gasteiger partial charge on any atom is 0.216 e.